The van der Waals surface area contributed by atoms with Gasteiger partial charge in [0.1, 0.15) is 0 Å². The van der Waals surface area contributed by atoms with Crippen molar-refractivity contribution in [2.75, 3.05) is 13.1 Å². The zero-order valence-electron chi connectivity index (χ0n) is 16.6. The lowest BCUT2D eigenvalue weighted by Gasteiger charge is -2.38. The fourth-order valence-electron chi connectivity index (χ4n) is 3.97. The first kappa shape index (κ1) is 21.8. The van der Waals surface area contributed by atoms with E-state index in [0.29, 0.717) is 50.4 Å². The highest BCUT2D eigenvalue weighted by molar-refractivity contribution is 7.89. The largest absolute Gasteiger partial charge is 0.416 e. The van der Waals surface area contributed by atoms with E-state index in [-0.39, 0.29) is 22.9 Å². The van der Waals surface area contributed by atoms with E-state index in [0.717, 1.165) is 12.1 Å². The highest BCUT2D eigenvalue weighted by Gasteiger charge is 2.44. The van der Waals surface area contributed by atoms with Crippen molar-refractivity contribution in [3.05, 3.63) is 59.9 Å². The van der Waals surface area contributed by atoms with Crippen LogP contribution >= 0.6 is 0 Å². The number of hydrogen-bond acceptors (Lipinski definition) is 4. The molecule has 166 valence electrons. The zero-order valence-corrected chi connectivity index (χ0v) is 17.4. The molecule has 0 radical (unpaired) electrons. The van der Waals surface area contributed by atoms with E-state index in [1.165, 1.54) is 22.8 Å². The molecule has 10 heteroatoms. The van der Waals surface area contributed by atoms with Crippen molar-refractivity contribution in [2.45, 2.75) is 48.8 Å². The van der Waals surface area contributed by atoms with Gasteiger partial charge in [0.05, 0.1) is 10.5 Å². The molecule has 0 unspecified atom stereocenters. The van der Waals surface area contributed by atoms with Crippen LogP contribution in [0.15, 0.2) is 53.7 Å². The van der Waals surface area contributed by atoms with Gasteiger partial charge in [-0.25, -0.2) is 8.42 Å². The van der Waals surface area contributed by atoms with E-state index in [2.05, 4.69) is 4.98 Å². The van der Waals surface area contributed by atoms with Crippen LogP contribution < -0.4 is 0 Å². The summed E-state index contributed by atoms with van der Waals surface area (Å²) >= 11 is 0. The summed E-state index contributed by atoms with van der Waals surface area (Å²) in [6.07, 6.45) is 0.710. The van der Waals surface area contributed by atoms with Crippen molar-refractivity contribution < 1.29 is 26.4 Å². The molecule has 31 heavy (non-hydrogen) atoms. The van der Waals surface area contributed by atoms with Gasteiger partial charge in [0, 0.05) is 43.1 Å². The van der Waals surface area contributed by atoms with E-state index in [1.54, 1.807) is 17.0 Å². The number of pyridine rings is 1. The van der Waals surface area contributed by atoms with Crippen LogP contribution in [0, 0.1) is 0 Å². The van der Waals surface area contributed by atoms with E-state index in [1.807, 2.05) is 0 Å². The number of alkyl halides is 3. The third kappa shape index (κ3) is 4.59. The molecule has 1 aromatic carbocycles. The summed E-state index contributed by atoms with van der Waals surface area (Å²) in [5.74, 6) is -0.139. The van der Waals surface area contributed by atoms with Gasteiger partial charge in [-0.1, -0.05) is 6.07 Å². The Morgan fingerprint density at radius 3 is 2.19 bits per heavy atom. The molecule has 4 rings (SSSR count). The Bertz CT molecular complexity index is 1050. The van der Waals surface area contributed by atoms with E-state index in [9.17, 15) is 26.4 Å². The molecule has 2 fully saturated rings. The number of nitrogens with zero attached hydrogens (tertiary/aromatic N) is 3. The van der Waals surface area contributed by atoms with E-state index >= 15 is 0 Å². The second-order valence-corrected chi connectivity index (χ2v) is 9.69. The SMILES string of the molecule is O=C(c1ccncc1)N1CCC(N(C2CC2)S(=O)(=O)c2cccc(C(F)(F)F)c2)CC1. The molecule has 1 amide bonds. The zero-order chi connectivity index (χ0) is 22.2. The van der Waals surface area contributed by atoms with Crippen molar-refractivity contribution in [2.24, 2.45) is 0 Å². The maximum Gasteiger partial charge on any atom is 0.416 e. The summed E-state index contributed by atoms with van der Waals surface area (Å²) in [4.78, 5) is 17.9. The molecule has 1 saturated heterocycles. The predicted octanol–water partition coefficient (Wildman–Crippen LogP) is 3.56. The molecular weight excluding hydrogens is 431 g/mol. The Hall–Kier alpha value is -2.46. The van der Waals surface area contributed by atoms with Crippen molar-refractivity contribution in [3.8, 4) is 0 Å². The second kappa shape index (κ2) is 8.23. The number of rotatable bonds is 5. The summed E-state index contributed by atoms with van der Waals surface area (Å²) in [7, 11) is -4.09. The molecule has 1 saturated carbocycles. The number of aromatic nitrogens is 1. The van der Waals surface area contributed by atoms with Crippen LogP contribution in [0.1, 0.15) is 41.6 Å². The number of carbonyl (C=O) groups is 1. The van der Waals surface area contributed by atoms with Gasteiger partial charge in [-0.15, -0.1) is 0 Å². The lowest BCUT2D eigenvalue weighted by molar-refractivity contribution is -0.137. The Balaban J connectivity index is 1.52. The van der Waals surface area contributed by atoms with Crippen molar-refractivity contribution in [1.29, 1.82) is 0 Å². The van der Waals surface area contributed by atoms with Gasteiger partial charge in [-0.3, -0.25) is 9.78 Å². The molecule has 1 aromatic heterocycles. The average molecular weight is 453 g/mol. The lowest BCUT2D eigenvalue weighted by atomic mass is 10.0. The topological polar surface area (TPSA) is 70.6 Å². The number of benzene rings is 1. The van der Waals surface area contributed by atoms with Crippen molar-refractivity contribution in [1.82, 2.24) is 14.2 Å². The van der Waals surface area contributed by atoms with Crippen molar-refractivity contribution >= 4 is 15.9 Å². The molecule has 0 atom stereocenters. The van der Waals surface area contributed by atoms with Gasteiger partial charge < -0.3 is 4.90 Å². The van der Waals surface area contributed by atoms with E-state index in [4.69, 9.17) is 0 Å². The van der Waals surface area contributed by atoms with Gasteiger partial charge in [0.2, 0.25) is 10.0 Å². The normalized spacial score (nSPS) is 18.4. The minimum Gasteiger partial charge on any atom is -0.339 e. The number of sulfonamides is 1. The second-order valence-electron chi connectivity index (χ2n) is 7.85. The summed E-state index contributed by atoms with van der Waals surface area (Å²) in [5.41, 5.74) is -0.467. The molecule has 0 bridgehead atoms. The molecule has 2 aliphatic rings. The lowest BCUT2D eigenvalue weighted by Crippen LogP contribution is -2.49. The molecule has 0 N–H and O–H groups in total. The highest BCUT2D eigenvalue weighted by atomic mass is 32.2. The van der Waals surface area contributed by atoms with Crippen LogP contribution in [0.3, 0.4) is 0 Å². The Kier molecular flexibility index (Phi) is 5.78. The molecule has 1 aliphatic carbocycles. The molecule has 2 aromatic rings. The summed E-state index contributed by atoms with van der Waals surface area (Å²) in [6, 6.07) is 6.60. The van der Waals surface area contributed by atoms with Crippen LogP contribution in [-0.4, -0.2) is 53.7 Å². The molecule has 2 heterocycles. The van der Waals surface area contributed by atoms with Crippen LogP contribution in [0.25, 0.3) is 0 Å². The fraction of sp³-hybridized carbons (Fsp3) is 0.429. The van der Waals surface area contributed by atoms with Crippen LogP contribution in [0.2, 0.25) is 0 Å². The molecule has 6 nitrogen and oxygen atoms in total. The molecular formula is C21H22F3N3O3S. The van der Waals surface area contributed by atoms with Gasteiger partial charge in [-0.2, -0.15) is 17.5 Å². The Morgan fingerprint density at radius 2 is 1.61 bits per heavy atom. The number of carbonyl (C=O) groups excluding carboxylic acids is 1. The van der Waals surface area contributed by atoms with Gasteiger partial charge in [-0.05, 0) is 56.0 Å². The smallest absolute Gasteiger partial charge is 0.339 e. The summed E-state index contributed by atoms with van der Waals surface area (Å²) in [6.45, 7) is 0.764. The first-order valence-electron chi connectivity index (χ1n) is 10.1. The van der Waals surface area contributed by atoms with Crippen LogP contribution in [0.4, 0.5) is 13.2 Å². The standard InChI is InChI=1S/C21H22F3N3O3S/c22-21(23,24)16-2-1-3-19(14-16)31(29,30)27(17-4-5-17)18-8-12-26(13-9-18)20(28)15-6-10-25-11-7-15/h1-3,6-7,10-11,14,17-18H,4-5,8-9,12-13H2. The molecule has 1 aliphatic heterocycles. The maximum atomic E-state index is 13.3. The monoisotopic (exact) mass is 453 g/mol. The van der Waals surface area contributed by atoms with Gasteiger partial charge in [0.15, 0.2) is 0 Å². The average Bonchev–Trinajstić information content (AvgIpc) is 3.59. The number of amides is 1. The quantitative estimate of drug-likeness (QED) is 0.694. The Labute approximate surface area is 178 Å². The number of likely N-dealkylation sites (tertiary alicyclic amines) is 1. The fourth-order valence-corrected chi connectivity index (χ4v) is 5.95. The first-order valence-corrected chi connectivity index (χ1v) is 11.5. The third-order valence-electron chi connectivity index (χ3n) is 5.68. The molecule has 0 spiro atoms. The summed E-state index contributed by atoms with van der Waals surface area (Å²) < 4.78 is 67.3. The van der Waals surface area contributed by atoms with Gasteiger partial charge in [0.25, 0.3) is 5.91 Å². The minimum atomic E-state index is -4.62. The minimum absolute atomic E-state index is 0.139. The van der Waals surface area contributed by atoms with E-state index < -0.39 is 21.8 Å². The van der Waals surface area contributed by atoms with Gasteiger partial charge >= 0.3 is 6.18 Å². The number of hydrogen-bond donors (Lipinski definition) is 0. The predicted molar refractivity (Wildman–Crippen MR) is 107 cm³/mol. The first-order chi connectivity index (χ1) is 14.7. The summed E-state index contributed by atoms with van der Waals surface area (Å²) in [5, 5.41) is 0. The Morgan fingerprint density at radius 1 is 1.00 bits per heavy atom. The van der Waals surface area contributed by atoms with Crippen LogP contribution in [0.5, 0.6) is 0 Å². The number of halogens is 3. The maximum absolute atomic E-state index is 13.3. The van der Waals surface area contributed by atoms with Crippen molar-refractivity contribution in [3.63, 3.8) is 0 Å². The third-order valence-corrected chi connectivity index (χ3v) is 7.68. The highest BCUT2D eigenvalue weighted by Crippen LogP contribution is 2.38. The van der Waals surface area contributed by atoms with Crippen LogP contribution in [-0.2, 0) is 16.2 Å². The number of piperidine rings is 1.